The molecule has 0 aliphatic carbocycles. The van der Waals surface area contributed by atoms with Crippen molar-refractivity contribution in [1.29, 1.82) is 0 Å². The maximum Gasteiger partial charge on any atom is 0.417 e. The van der Waals surface area contributed by atoms with E-state index in [2.05, 4.69) is 5.32 Å². The standard InChI is InChI=1S/C17H15F3N2O4/c18-17(19,20)12-6-7-15(24)22(9-12)10-14(23)21-13(8-16(25)26)11-4-2-1-3-5-11/h1-7,9,13H,8,10H2,(H,21,23)(H,25,26). The van der Waals surface area contributed by atoms with E-state index in [4.69, 9.17) is 5.11 Å². The smallest absolute Gasteiger partial charge is 0.417 e. The number of nitrogens with zero attached hydrogens (tertiary/aromatic N) is 1. The summed E-state index contributed by atoms with van der Waals surface area (Å²) in [5.41, 5.74) is -1.31. The van der Waals surface area contributed by atoms with Gasteiger partial charge in [0.15, 0.2) is 0 Å². The Hall–Kier alpha value is -3.10. The van der Waals surface area contributed by atoms with Crippen LogP contribution in [0, 0.1) is 0 Å². The first-order valence-electron chi connectivity index (χ1n) is 7.50. The average Bonchev–Trinajstić information content (AvgIpc) is 2.55. The third-order valence-electron chi connectivity index (χ3n) is 3.54. The number of amides is 1. The molecule has 0 saturated carbocycles. The van der Waals surface area contributed by atoms with E-state index in [0.29, 0.717) is 22.4 Å². The Bertz CT molecular complexity index is 847. The van der Waals surface area contributed by atoms with Crippen molar-refractivity contribution in [2.24, 2.45) is 0 Å². The molecule has 2 rings (SSSR count). The van der Waals surface area contributed by atoms with Gasteiger partial charge >= 0.3 is 12.1 Å². The van der Waals surface area contributed by atoms with Crippen molar-refractivity contribution in [2.75, 3.05) is 0 Å². The van der Waals surface area contributed by atoms with Crippen LogP contribution < -0.4 is 10.9 Å². The molecule has 9 heteroatoms. The van der Waals surface area contributed by atoms with Gasteiger partial charge in [0.1, 0.15) is 6.54 Å². The highest BCUT2D eigenvalue weighted by molar-refractivity contribution is 5.77. The van der Waals surface area contributed by atoms with Crippen LogP contribution in [0.3, 0.4) is 0 Å². The van der Waals surface area contributed by atoms with Crippen LogP contribution in [0.15, 0.2) is 53.5 Å². The molecule has 1 amide bonds. The molecular formula is C17H15F3N2O4. The molecular weight excluding hydrogens is 353 g/mol. The van der Waals surface area contributed by atoms with Gasteiger partial charge in [-0.25, -0.2) is 0 Å². The van der Waals surface area contributed by atoms with Crippen molar-refractivity contribution in [3.8, 4) is 0 Å². The summed E-state index contributed by atoms with van der Waals surface area (Å²) in [7, 11) is 0. The van der Waals surface area contributed by atoms with Crippen LogP contribution in [0.1, 0.15) is 23.6 Å². The van der Waals surface area contributed by atoms with Crippen molar-refractivity contribution < 1.29 is 27.9 Å². The monoisotopic (exact) mass is 368 g/mol. The minimum absolute atomic E-state index is 0.409. The lowest BCUT2D eigenvalue weighted by molar-refractivity contribution is -0.139. The number of aromatic nitrogens is 1. The van der Waals surface area contributed by atoms with Crippen molar-refractivity contribution in [2.45, 2.75) is 25.2 Å². The number of pyridine rings is 1. The SMILES string of the molecule is O=C(O)CC(NC(=O)Cn1cc(C(F)(F)F)ccc1=O)c1ccccc1. The number of carboxylic acids is 1. The molecule has 138 valence electrons. The Morgan fingerprint density at radius 3 is 2.35 bits per heavy atom. The maximum atomic E-state index is 12.7. The zero-order valence-corrected chi connectivity index (χ0v) is 13.4. The van der Waals surface area contributed by atoms with E-state index >= 15 is 0 Å². The second-order valence-electron chi connectivity index (χ2n) is 5.51. The van der Waals surface area contributed by atoms with Crippen molar-refractivity contribution >= 4 is 11.9 Å². The van der Waals surface area contributed by atoms with E-state index in [1.54, 1.807) is 30.3 Å². The van der Waals surface area contributed by atoms with Gasteiger partial charge in [-0.05, 0) is 11.6 Å². The lowest BCUT2D eigenvalue weighted by Crippen LogP contribution is -2.35. The first kappa shape index (κ1) is 19.2. The molecule has 6 nitrogen and oxygen atoms in total. The number of carboxylic acid groups (broad SMARTS) is 1. The number of benzene rings is 1. The molecule has 26 heavy (non-hydrogen) atoms. The molecule has 1 unspecified atom stereocenters. The second kappa shape index (κ2) is 7.85. The maximum absolute atomic E-state index is 12.7. The Balaban J connectivity index is 2.18. The quantitative estimate of drug-likeness (QED) is 0.818. The van der Waals surface area contributed by atoms with Gasteiger partial charge in [-0.3, -0.25) is 14.4 Å². The summed E-state index contributed by atoms with van der Waals surface area (Å²) in [6, 6.07) is 8.75. The molecule has 0 fully saturated rings. The van der Waals surface area contributed by atoms with Gasteiger partial charge in [-0.1, -0.05) is 30.3 Å². The number of hydrogen-bond donors (Lipinski definition) is 2. The van der Waals surface area contributed by atoms with Crippen molar-refractivity contribution in [3.05, 3.63) is 70.1 Å². The van der Waals surface area contributed by atoms with E-state index in [0.717, 1.165) is 6.07 Å². The Labute approximate surface area is 145 Å². The van der Waals surface area contributed by atoms with E-state index in [-0.39, 0.29) is 0 Å². The lowest BCUT2D eigenvalue weighted by atomic mass is 10.0. The number of rotatable bonds is 6. The summed E-state index contributed by atoms with van der Waals surface area (Å²) in [5, 5.41) is 11.4. The zero-order chi connectivity index (χ0) is 19.3. The minimum Gasteiger partial charge on any atom is -0.481 e. The summed E-state index contributed by atoms with van der Waals surface area (Å²) < 4.78 is 38.8. The molecule has 1 aromatic heterocycles. The normalized spacial score (nSPS) is 12.4. The van der Waals surface area contributed by atoms with E-state index in [9.17, 15) is 27.6 Å². The van der Waals surface area contributed by atoms with Crippen LogP contribution >= 0.6 is 0 Å². The van der Waals surface area contributed by atoms with Gasteiger partial charge in [0.25, 0.3) is 5.56 Å². The fourth-order valence-electron chi connectivity index (χ4n) is 2.33. The summed E-state index contributed by atoms with van der Waals surface area (Å²) >= 11 is 0. The molecule has 2 N–H and O–H groups in total. The first-order valence-corrected chi connectivity index (χ1v) is 7.50. The van der Waals surface area contributed by atoms with E-state index in [1.165, 1.54) is 0 Å². The third-order valence-corrected chi connectivity index (χ3v) is 3.54. The van der Waals surface area contributed by atoms with Gasteiger partial charge in [0.2, 0.25) is 5.91 Å². The summed E-state index contributed by atoms with van der Waals surface area (Å²) in [6.45, 7) is -0.661. The predicted octanol–water partition coefficient (Wildman–Crippen LogP) is 2.20. The van der Waals surface area contributed by atoms with Crippen LogP contribution in [0.25, 0.3) is 0 Å². The minimum atomic E-state index is -4.65. The van der Waals surface area contributed by atoms with Gasteiger partial charge < -0.3 is 15.0 Å². The summed E-state index contributed by atoms with van der Waals surface area (Å²) in [4.78, 5) is 34.8. The van der Waals surface area contributed by atoms with Gasteiger partial charge in [0, 0.05) is 12.3 Å². The number of halogens is 3. The number of carbonyl (C=O) groups is 2. The molecule has 0 aliphatic rings. The highest BCUT2D eigenvalue weighted by Gasteiger charge is 2.31. The van der Waals surface area contributed by atoms with E-state index in [1.807, 2.05) is 0 Å². The molecule has 0 saturated heterocycles. The van der Waals surface area contributed by atoms with Crippen molar-refractivity contribution in [1.82, 2.24) is 9.88 Å². The van der Waals surface area contributed by atoms with Crippen LogP contribution in [0.4, 0.5) is 13.2 Å². The number of alkyl halides is 3. The Kier molecular flexibility index (Phi) is 5.81. The largest absolute Gasteiger partial charge is 0.481 e. The molecule has 0 radical (unpaired) electrons. The number of hydrogen-bond acceptors (Lipinski definition) is 3. The van der Waals surface area contributed by atoms with Crippen LogP contribution in [0.5, 0.6) is 0 Å². The first-order chi connectivity index (χ1) is 12.2. The molecule has 0 bridgehead atoms. The number of nitrogens with one attached hydrogen (secondary N) is 1. The second-order valence-corrected chi connectivity index (χ2v) is 5.51. The number of aliphatic carboxylic acids is 1. The average molecular weight is 368 g/mol. The van der Waals surface area contributed by atoms with E-state index < -0.39 is 48.2 Å². The highest BCUT2D eigenvalue weighted by atomic mass is 19.4. The fraction of sp³-hybridized carbons (Fsp3) is 0.235. The topological polar surface area (TPSA) is 88.4 Å². The Morgan fingerprint density at radius 2 is 1.77 bits per heavy atom. The molecule has 2 aromatic rings. The van der Waals surface area contributed by atoms with Crippen molar-refractivity contribution in [3.63, 3.8) is 0 Å². The molecule has 1 heterocycles. The van der Waals surface area contributed by atoms with Crippen LogP contribution in [-0.4, -0.2) is 21.6 Å². The van der Waals surface area contributed by atoms with Crippen LogP contribution in [-0.2, 0) is 22.3 Å². The van der Waals surface area contributed by atoms with Gasteiger partial charge in [-0.15, -0.1) is 0 Å². The lowest BCUT2D eigenvalue weighted by Gasteiger charge is -2.18. The van der Waals surface area contributed by atoms with Crippen LogP contribution in [0.2, 0.25) is 0 Å². The molecule has 0 aliphatic heterocycles. The summed E-state index contributed by atoms with van der Waals surface area (Å²) in [6.07, 6.45) is -4.51. The zero-order valence-electron chi connectivity index (χ0n) is 13.4. The molecule has 0 spiro atoms. The summed E-state index contributed by atoms with van der Waals surface area (Å²) in [5.74, 6) is -1.93. The third kappa shape index (κ3) is 5.20. The fourth-order valence-corrected chi connectivity index (χ4v) is 2.33. The van der Waals surface area contributed by atoms with Gasteiger partial charge in [-0.2, -0.15) is 13.2 Å². The van der Waals surface area contributed by atoms with Gasteiger partial charge in [0.05, 0.1) is 18.0 Å². The molecule has 1 atom stereocenters. The highest BCUT2D eigenvalue weighted by Crippen LogP contribution is 2.28. The number of carbonyl (C=O) groups excluding carboxylic acids is 1. The Morgan fingerprint density at radius 1 is 1.12 bits per heavy atom. The molecule has 1 aromatic carbocycles. The predicted molar refractivity (Wildman–Crippen MR) is 85.3 cm³/mol.